The van der Waals surface area contributed by atoms with Crippen molar-refractivity contribution in [2.75, 3.05) is 5.32 Å². The number of aromatic nitrogens is 2. The number of benzene rings is 3. The van der Waals surface area contributed by atoms with Crippen LogP contribution in [0.1, 0.15) is 15.9 Å². The van der Waals surface area contributed by atoms with E-state index in [2.05, 4.69) is 19.4 Å². The number of carbonyl (C=O) groups is 1. The molecule has 1 amide bonds. The molecule has 0 aliphatic rings. The summed E-state index contributed by atoms with van der Waals surface area (Å²) in [5.41, 5.74) is 4.62. The SMILES string of the molecule is Cc1ccc(-c2cc3ccccc3oc2=O)cc1NC(=S)NC(=O)c1ccc2nsnc2c1. The van der Waals surface area contributed by atoms with Gasteiger partial charge < -0.3 is 9.73 Å². The van der Waals surface area contributed by atoms with Crippen LogP contribution in [0, 0.1) is 6.92 Å². The number of aryl methyl sites for hydroxylation is 1. The van der Waals surface area contributed by atoms with Crippen LogP contribution in [0.4, 0.5) is 5.69 Å². The Morgan fingerprint density at radius 2 is 1.82 bits per heavy atom. The standard InChI is InChI=1S/C24H16N4O3S2/c1-13-6-7-14(17-10-15-4-2-3-5-21(15)31-23(17)30)11-19(13)25-24(32)26-22(29)16-8-9-18-20(12-16)28-33-27-18/h2-12H,1H3,(H2,25,26,29,32). The molecule has 0 saturated carbocycles. The molecule has 0 fully saturated rings. The molecule has 5 aromatic rings. The highest BCUT2D eigenvalue weighted by atomic mass is 32.1. The maximum Gasteiger partial charge on any atom is 0.344 e. The molecule has 162 valence electrons. The summed E-state index contributed by atoms with van der Waals surface area (Å²) in [7, 11) is 0. The number of amides is 1. The summed E-state index contributed by atoms with van der Waals surface area (Å²) in [6.07, 6.45) is 0. The number of nitrogens with one attached hydrogen (secondary N) is 2. The number of para-hydroxylation sites is 1. The number of anilines is 1. The molecule has 0 aliphatic heterocycles. The van der Waals surface area contributed by atoms with Crippen molar-refractivity contribution >= 4 is 62.7 Å². The van der Waals surface area contributed by atoms with Crippen molar-refractivity contribution in [2.45, 2.75) is 6.92 Å². The first-order valence-electron chi connectivity index (χ1n) is 9.96. The molecule has 3 aromatic carbocycles. The van der Waals surface area contributed by atoms with Gasteiger partial charge in [-0.1, -0.05) is 30.3 Å². The lowest BCUT2D eigenvalue weighted by atomic mass is 10.0. The van der Waals surface area contributed by atoms with Crippen LogP contribution in [-0.2, 0) is 0 Å². The van der Waals surface area contributed by atoms with E-state index in [4.69, 9.17) is 16.6 Å². The molecule has 33 heavy (non-hydrogen) atoms. The fourth-order valence-corrected chi connectivity index (χ4v) is 4.16. The van der Waals surface area contributed by atoms with E-state index in [0.717, 1.165) is 28.2 Å². The molecule has 2 aromatic heterocycles. The Balaban J connectivity index is 1.38. The number of hydrogen-bond donors (Lipinski definition) is 2. The second kappa shape index (κ2) is 8.53. The van der Waals surface area contributed by atoms with Gasteiger partial charge in [-0.25, -0.2) is 4.79 Å². The van der Waals surface area contributed by atoms with Gasteiger partial charge >= 0.3 is 5.63 Å². The molecule has 9 heteroatoms. The fraction of sp³-hybridized carbons (Fsp3) is 0.0417. The van der Waals surface area contributed by atoms with Crippen LogP contribution >= 0.6 is 23.9 Å². The maximum atomic E-state index is 12.6. The van der Waals surface area contributed by atoms with Crippen LogP contribution in [0.3, 0.4) is 0 Å². The number of fused-ring (bicyclic) bond motifs is 2. The highest BCUT2D eigenvalue weighted by molar-refractivity contribution is 7.80. The Morgan fingerprint density at radius 1 is 1.00 bits per heavy atom. The minimum atomic E-state index is -0.425. The van der Waals surface area contributed by atoms with Gasteiger partial charge in [0, 0.05) is 16.6 Å². The van der Waals surface area contributed by atoms with Crippen molar-refractivity contribution in [1.29, 1.82) is 0 Å². The molecule has 0 radical (unpaired) electrons. The van der Waals surface area contributed by atoms with Crippen LogP contribution in [-0.4, -0.2) is 19.8 Å². The summed E-state index contributed by atoms with van der Waals surface area (Å²) in [5, 5.41) is 6.70. The van der Waals surface area contributed by atoms with E-state index >= 15 is 0 Å². The minimum Gasteiger partial charge on any atom is -0.422 e. The van der Waals surface area contributed by atoms with E-state index in [-0.39, 0.29) is 11.0 Å². The third-order valence-corrected chi connectivity index (χ3v) is 5.94. The van der Waals surface area contributed by atoms with Crippen molar-refractivity contribution in [3.8, 4) is 11.1 Å². The first-order valence-corrected chi connectivity index (χ1v) is 11.1. The maximum absolute atomic E-state index is 12.6. The van der Waals surface area contributed by atoms with Crippen LogP contribution in [0.5, 0.6) is 0 Å². The third kappa shape index (κ3) is 4.23. The van der Waals surface area contributed by atoms with Gasteiger partial charge in [0.1, 0.15) is 16.6 Å². The Labute approximate surface area is 197 Å². The van der Waals surface area contributed by atoms with E-state index in [1.807, 2.05) is 43.3 Å². The Morgan fingerprint density at radius 3 is 2.70 bits per heavy atom. The van der Waals surface area contributed by atoms with Crippen molar-refractivity contribution < 1.29 is 9.21 Å². The summed E-state index contributed by atoms with van der Waals surface area (Å²) in [6, 6.07) is 19.8. The number of hydrogen-bond acceptors (Lipinski definition) is 7. The minimum absolute atomic E-state index is 0.141. The summed E-state index contributed by atoms with van der Waals surface area (Å²) in [5.74, 6) is -0.355. The molecule has 7 nitrogen and oxygen atoms in total. The molecule has 2 heterocycles. The molecular weight excluding hydrogens is 456 g/mol. The van der Waals surface area contributed by atoms with Crippen molar-refractivity contribution in [2.24, 2.45) is 0 Å². The molecule has 5 rings (SSSR count). The lowest BCUT2D eigenvalue weighted by Gasteiger charge is -2.13. The summed E-state index contributed by atoms with van der Waals surface area (Å²) in [6.45, 7) is 1.91. The van der Waals surface area contributed by atoms with E-state index in [0.29, 0.717) is 33.5 Å². The molecule has 0 bridgehead atoms. The van der Waals surface area contributed by atoms with E-state index in [9.17, 15) is 9.59 Å². The highest BCUT2D eigenvalue weighted by Gasteiger charge is 2.13. The molecule has 0 saturated heterocycles. The largest absolute Gasteiger partial charge is 0.422 e. The smallest absolute Gasteiger partial charge is 0.344 e. The zero-order chi connectivity index (χ0) is 22.9. The van der Waals surface area contributed by atoms with Crippen LogP contribution in [0.2, 0.25) is 0 Å². The quantitative estimate of drug-likeness (QED) is 0.285. The number of nitrogens with zero attached hydrogens (tertiary/aromatic N) is 2. The van der Waals surface area contributed by atoms with Gasteiger partial charge in [-0.15, -0.1) is 0 Å². The Bertz CT molecular complexity index is 1610. The predicted octanol–water partition coefficient (Wildman–Crippen LogP) is 4.90. The van der Waals surface area contributed by atoms with Crippen LogP contribution in [0.25, 0.3) is 33.1 Å². The molecule has 0 aliphatic carbocycles. The summed E-state index contributed by atoms with van der Waals surface area (Å²) >= 11 is 6.44. The average Bonchev–Trinajstić information content (AvgIpc) is 3.28. The molecule has 0 unspecified atom stereocenters. The van der Waals surface area contributed by atoms with E-state index in [1.165, 1.54) is 0 Å². The fourth-order valence-electron chi connectivity index (χ4n) is 3.44. The molecule has 2 N–H and O–H groups in total. The average molecular weight is 473 g/mol. The first-order chi connectivity index (χ1) is 16.0. The number of rotatable bonds is 3. The van der Waals surface area contributed by atoms with Gasteiger partial charge in [0.2, 0.25) is 0 Å². The Kier molecular flexibility index (Phi) is 5.41. The topological polar surface area (TPSA) is 97.1 Å². The third-order valence-electron chi connectivity index (χ3n) is 5.18. The highest BCUT2D eigenvalue weighted by Crippen LogP contribution is 2.26. The summed E-state index contributed by atoms with van der Waals surface area (Å²) in [4.78, 5) is 25.2. The molecule has 0 spiro atoms. The van der Waals surface area contributed by atoms with Gasteiger partial charge in [-0.05, 0) is 66.7 Å². The van der Waals surface area contributed by atoms with Crippen LogP contribution < -0.4 is 16.3 Å². The molecule has 0 atom stereocenters. The Hall–Kier alpha value is -3.95. The normalized spacial score (nSPS) is 10.9. The van der Waals surface area contributed by atoms with Crippen molar-refractivity contribution in [3.63, 3.8) is 0 Å². The van der Waals surface area contributed by atoms with Gasteiger partial charge in [0.05, 0.1) is 17.3 Å². The zero-order valence-corrected chi connectivity index (χ0v) is 18.9. The lowest BCUT2D eigenvalue weighted by Crippen LogP contribution is -2.34. The first kappa shape index (κ1) is 20.9. The monoisotopic (exact) mass is 472 g/mol. The van der Waals surface area contributed by atoms with Crippen molar-refractivity contribution in [1.82, 2.24) is 14.1 Å². The van der Waals surface area contributed by atoms with Gasteiger partial charge in [0.15, 0.2) is 5.11 Å². The van der Waals surface area contributed by atoms with E-state index < -0.39 is 5.63 Å². The lowest BCUT2D eigenvalue weighted by molar-refractivity contribution is 0.0978. The summed E-state index contributed by atoms with van der Waals surface area (Å²) < 4.78 is 13.7. The van der Waals surface area contributed by atoms with E-state index in [1.54, 1.807) is 30.3 Å². The second-order valence-electron chi connectivity index (χ2n) is 7.39. The number of carbonyl (C=O) groups excluding carboxylic acids is 1. The second-order valence-corrected chi connectivity index (χ2v) is 8.33. The van der Waals surface area contributed by atoms with Crippen molar-refractivity contribution in [3.05, 3.63) is 88.3 Å². The number of thiocarbonyl (C=S) groups is 1. The molecular formula is C24H16N4O3S2. The van der Waals surface area contributed by atoms with Gasteiger partial charge in [-0.3, -0.25) is 10.1 Å². The van der Waals surface area contributed by atoms with Gasteiger partial charge in [0.25, 0.3) is 5.91 Å². The predicted molar refractivity (Wildman–Crippen MR) is 134 cm³/mol. The van der Waals surface area contributed by atoms with Crippen LogP contribution in [0.15, 0.2) is 75.9 Å². The van der Waals surface area contributed by atoms with Gasteiger partial charge in [-0.2, -0.15) is 8.75 Å². The zero-order valence-electron chi connectivity index (χ0n) is 17.3.